The molecule has 0 spiro atoms. The van der Waals surface area contributed by atoms with Gasteiger partial charge in [0.15, 0.2) is 11.6 Å². The summed E-state index contributed by atoms with van der Waals surface area (Å²) in [5, 5.41) is 8.23. The number of nitrogens with one attached hydrogen (secondary N) is 1. The molecule has 1 N–H and O–H groups in total. The molecule has 4 rings (SSSR count). The average molecular weight is 398 g/mol. The van der Waals surface area contributed by atoms with Gasteiger partial charge in [-0.25, -0.2) is 14.4 Å². The van der Waals surface area contributed by atoms with Crippen LogP contribution >= 0.6 is 11.6 Å². The summed E-state index contributed by atoms with van der Waals surface area (Å²) >= 11 is 6.24. The molecule has 0 aliphatic carbocycles. The molecule has 0 atom stereocenters. The maximum absolute atomic E-state index is 13.3. The van der Waals surface area contributed by atoms with E-state index in [2.05, 4.69) is 20.4 Å². The van der Waals surface area contributed by atoms with Crippen molar-refractivity contribution in [1.29, 1.82) is 0 Å². The maximum atomic E-state index is 13.3. The van der Waals surface area contributed by atoms with Gasteiger partial charge in [0.05, 0.1) is 17.8 Å². The van der Waals surface area contributed by atoms with E-state index >= 15 is 0 Å². The van der Waals surface area contributed by atoms with E-state index in [0.717, 1.165) is 22.4 Å². The normalized spacial score (nSPS) is 11.0. The van der Waals surface area contributed by atoms with Gasteiger partial charge in [0, 0.05) is 18.3 Å². The maximum Gasteiger partial charge on any atom is 0.162 e. The van der Waals surface area contributed by atoms with E-state index < -0.39 is 0 Å². The molecule has 0 unspecified atom stereocenters. The first kappa shape index (κ1) is 18.2. The summed E-state index contributed by atoms with van der Waals surface area (Å²) in [7, 11) is 3.40. The molecule has 0 radical (unpaired) electrons. The Bertz CT molecular complexity index is 1170. The molecule has 28 heavy (non-hydrogen) atoms. The summed E-state index contributed by atoms with van der Waals surface area (Å²) in [5.41, 5.74) is 3.71. The predicted octanol–water partition coefficient (Wildman–Crippen LogP) is 4.88. The Balaban J connectivity index is 1.86. The molecule has 0 aliphatic rings. The summed E-state index contributed by atoms with van der Waals surface area (Å²) in [5.74, 6) is 1.33. The monoisotopic (exact) mass is 397 g/mol. The van der Waals surface area contributed by atoms with Crippen LogP contribution in [-0.4, -0.2) is 26.9 Å². The fourth-order valence-corrected chi connectivity index (χ4v) is 3.29. The van der Waals surface area contributed by atoms with Gasteiger partial charge in [-0.2, -0.15) is 5.10 Å². The average Bonchev–Trinajstić information content (AvgIpc) is 2.96. The van der Waals surface area contributed by atoms with E-state index in [4.69, 9.17) is 16.3 Å². The van der Waals surface area contributed by atoms with Crippen LogP contribution in [0.1, 0.15) is 5.69 Å². The van der Waals surface area contributed by atoms with Crippen molar-refractivity contribution >= 4 is 34.1 Å². The SMILES string of the molecule is COc1ccc(Nc2nc(-c3ccc(F)cc3)nc3c(C)nn(C)c23)cc1Cl. The van der Waals surface area contributed by atoms with Gasteiger partial charge in [-0.15, -0.1) is 0 Å². The largest absolute Gasteiger partial charge is 0.495 e. The Morgan fingerprint density at radius 1 is 1.11 bits per heavy atom. The van der Waals surface area contributed by atoms with Gasteiger partial charge in [-0.05, 0) is 49.4 Å². The smallest absolute Gasteiger partial charge is 0.162 e. The molecule has 2 heterocycles. The molecular weight excluding hydrogens is 381 g/mol. The molecule has 0 saturated carbocycles. The number of aryl methyl sites for hydroxylation is 2. The van der Waals surface area contributed by atoms with Gasteiger partial charge in [-0.3, -0.25) is 4.68 Å². The first-order valence-corrected chi connectivity index (χ1v) is 8.92. The van der Waals surface area contributed by atoms with Gasteiger partial charge in [0.1, 0.15) is 22.6 Å². The van der Waals surface area contributed by atoms with E-state index in [0.29, 0.717) is 28.0 Å². The summed E-state index contributed by atoms with van der Waals surface area (Å²) in [6.07, 6.45) is 0. The van der Waals surface area contributed by atoms with Crippen molar-refractivity contribution in [3.63, 3.8) is 0 Å². The van der Waals surface area contributed by atoms with Crippen molar-refractivity contribution in [2.45, 2.75) is 6.92 Å². The molecule has 2 aromatic heterocycles. The van der Waals surface area contributed by atoms with Gasteiger partial charge < -0.3 is 10.1 Å². The van der Waals surface area contributed by atoms with Gasteiger partial charge >= 0.3 is 0 Å². The molecule has 4 aromatic rings. The number of hydrogen-bond donors (Lipinski definition) is 1. The zero-order valence-corrected chi connectivity index (χ0v) is 16.3. The summed E-state index contributed by atoms with van der Waals surface area (Å²) < 4.78 is 20.2. The van der Waals surface area contributed by atoms with Crippen molar-refractivity contribution in [2.75, 3.05) is 12.4 Å². The third kappa shape index (κ3) is 3.25. The van der Waals surface area contributed by atoms with E-state index in [1.165, 1.54) is 12.1 Å². The number of nitrogens with zero attached hydrogens (tertiary/aromatic N) is 4. The van der Waals surface area contributed by atoms with E-state index in [1.54, 1.807) is 36.1 Å². The molecule has 0 amide bonds. The minimum Gasteiger partial charge on any atom is -0.495 e. The van der Waals surface area contributed by atoms with Crippen LogP contribution < -0.4 is 10.1 Å². The second-order valence-corrected chi connectivity index (χ2v) is 6.69. The Morgan fingerprint density at radius 3 is 2.54 bits per heavy atom. The minimum atomic E-state index is -0.311. The highest BCUT2D eigenvalue weighted by molar-refractivity contribution is 6.32. The number of ether oxygens (including phenoxy) is 1. The molecule has 0 bridgehead atoms. The number of halogens is 2. The lowest BCUT2D eigenvalue weighted by Gasteiger charge is -2.11. The van der Waals surface area contributed by atoms with Crippen molar-refractivity contribution in [2.24, 2.45) is 7.05 Å². The van der Waals surface area contributed by atoms with Crippen LogP contribution in [0.2, 0.25) is 5.02 Å². The molecule has 2 aromatic carbocycles. The number of methoxy groups -OCH3 is 1. The van der Waals surface area contributed by atoms with Crippen LogP contribution in [-0.2, 0) is 7.05 Å². The second kappa shape index (κ2) is 7.09. The zero-order valence-electron chi connectivity index (χ0n) is 15.5. The molecule has 0 fully saturated rings. The molecule has 8 heteroatoms. The van der Waals surface area contributed by atoms with Crippen molar-refractivity contribution in [1.82, 2.24) is 19.7 Å². The van der Waals surface area contributed by atoms with Crippen molar-refractivity contribution in [3.05, 3.63) is 59.0 Å². The minimum absolute atomic E-state index is 0.311. The quantitative estimate of drug-likeness (QED) is 0.531. The fourth-order valence-electron chi connectivity index (χ4n) is 3.03. The van der Waals surface area contributed by atoms with Gasteiger partial charge in [0.2, 0.25) is 0 Å². The zero-order chi connectivity index (χ0) is 19.8. The molecular formula is C20H17ClFN5O. The van der Waals surface area contributed by atoms with Crippen molar-refractivity contribution < 1.29 is 9.13 Å². The number of hydrogen-bond acceptors (Lipinski definition) is 5. The third-order valence-corrected chi connectivity index (χ3v) is 4.66. The van der Waals surface area contributed by atoms with Crippen LogP contribution in [0, 0.1) is 12.7 Å². The van der Waals surface area contributed by atoms with Crippen LogP contribution in [0.15, 0.2) is 42.5 Å². The molecule has 0 saturated heterocycles. The topological polar surface area (TPSA) is 64.9 Å². The first-order valence-electron chi connectivity index (χ1n) is 8.54. The van der Waals surface area contributed by atoms with Gasteiger partial charge in [-0.1, -0.05) is 11.6 Å². The highest BCUT2D eigenvalue weighted by Gasteiger charge is 2.16. The highest BCUT2D eigenvalue weighted by atomic mass is 35.5. The number of anilines is 2. The Hall–Kier alpha value is -3.19. The van der Waals surface area contributed by atoms with Crippen LogP contribution in [0.5, 0.6) is 5.75 Å². The lowest BCUT2D eigenvalue weighted by Crippen LogP contribution is -2.02. The number of benzene rings is 2. The summed E-state index contributed by atoms with van der Waals surface area (Å²) in [4.78, 5) is 9.30. The van der Waals surface area contributed by atoms with Crippen LogP contribution in [0.25, 0.3) is 22.4 Å². The molecule has 0 aliphatic heterocycles. The lowest BCUT2D eigenvalue weighted by molar-refractivity contribution is 0.415. The lowest BCUT2D eigenvalue weighted by atomic mass is 10.2. The Labute approximate surface area is 166 Å². The number of fused-ring (bicyclic) bond motifs is 1. The van der Waals surface area contributed by atoms with Crippen LogP contribution in [0.3, 0.4) is 0 Å². The Morgan fingerprint density at radius 2 is 1.86 bits per heavy atom. The standard InChI is InChI=1S/C20H17ClFN5O/c1-11-17-18(27(2)26-11)20(23-14-8-9-16(28-3)15(21)10-14)25-19(24-17)12-4-6-13(22)7-5-12/h4-10H,1-3H3,(H,23,24,25). The number of rotatable bonds is 4. The first-order chi connectivity index (χ1) is 13.5. The van der Waals surface area contributed by atoms with E-state index in [1.807, 2.05) is 20.0 Å². The van der Waals surface area contributed by atoms with E-state index in [9.17, 15) is 4.39 Å². The third-order valence-electron chi connectivity index (χ3n) is 4.37. The molecule has 6 nitrogen and oxygen atoms in total. The van der Waals surface area contributed by atoms with Gasteiger partial charge in [0.25, 0.3) is 0 Å². The number of aromatic nitrogens is 4. The van der Waals surface area contributed by atoms with Crippen molar-refractivity contribution in [3.8, 4) is 17.1 Å². The second-order valence-electron chi connectivity index (χ2n) is 6.28. The fraction of sp³-hybridized carbons (Fsp3) is 0.150. The molecule has 142 valence electrons. The Kier molecular flexibility index (Phi) is 4.60. The van der Waals surface area contributed by atoms with Crippen LogP contribution in [0.4, 0.5) is 15.9 Å². The van der Waals surface area contributed by atoms with E-state index in [-0.39, 0.29) is 5.82 Å². The summed E-state index contributed by atoms with van der Waals surface area (Å²) in [6, 6.07) is 11.4. The summed E-state index contributed by atoms with van der Waals surface area (Å²) in [6.45, 7) is 1.89. The predicted molar refractivity (Wildman–Crippen MR) is 108 cm³/mol. The highest BCUT2D eigenvalue weighted by Crippen LogP contribution is 2.32.